The molecule has 7 nitrogen and oxygen atoms in total. The number of rotatable bonds is 5. The fourth-order valence-corrected chi connectivity index (χ4v) is 2.91. The number of benzene rings is 1. The van der Waals surface area contributed by atoms with Crippen LogP contribution in [0.5, 0.6) is 0 Å². The summed E-state index contributed by atoms with van der Waals surface area (Å²) in [5.41, 5.74) is 0.762. The molecule has 0 spiro atoms. The maximum atomic E-state index is 13.1. The smallest absolute Gasteiger partial charge is 0.432 e. The molecule has 3 aromatic rings. The number of carboxylic acid groups (broad SMARTS) is 1. The Hall–Kier alpha value is -3.22. The van der Waals surface area contributed by atoms with Crippen molar-refractivity contribution in [2.75, 3.05) is 6.61 Å². The summed E-state index contributed by atoms with van der Waals surface area (Å²) in [6.07, 6.45) is -0.0491. The molecule has 1 N–H and O–H groups in total. The van der Waals surface area contributed by atoms with Crippen LogP contribution in [0.1, 0.15) is 30.8 Å². The second-order valence-electron chi connectivity index (χ2n) is 5.87. The van der Waals surface area contributed by atoms with E-state index in [4.69, 9.17) is 16.4 Å². The van der Waals surface area contributed by atoms with Crippen molar-refractivity contribution in [3.8, 4) is 11.8 Å². The van der Waals surface area contributed by atoms with Crippen molar-refractivity contribution in [3.63, 3.8) is 0 Å². The van der Waals surface area contributed by atoms with Crippen molar-refractivity contribution < 1.29 is 23.5 Å². The number of hydrogen-bond donors (Lipinski definition) is 1. The molecule has 0 aliphatic heterocycles. The highest BCUT2D eigenvalue weighted by Gasteiger charge is 2.21. The Balaban J connectivity index is 1.80. The molecule has 0 bridgehead atoms. The van der Waals surface area contributed by atoms with Gasteiger partial charge in [-0.2, -0.15) is 18.9 Å². The summed E-state index contributed by atoms with van der Waals surface area (Å²) in [7, 11) is 0. The van der Waals surface area contributed by atoms with Crippen molar-refractivity contribution >= 4 is 28.6 Å². The van der Waals surface area contributed by atoms with E-state index in [1.165, 1.54) is 12.3 Å². The minimum absolute atomic E-state index is 0.00752. The Bertz CT molecular complexity index is 1080. The first-order valence-corrected chi connectivity index (χ1v) is 8.77. The fourth-order valence-electron chi connectivity index (χ4n) is 2.70. The SMILES string of the molecule is CC(c1ccccc1)N(OCC#Cc1nc(Cl)cc2cnn(C(F)F)c12)C(=O)O. The predicted molar refractivity (Wildman–Crippen MR) is 101 cm³/mol. The third-order valence-corrected chi connectivity index (χ3v) is 4.22. The molecule has 2 heterocycles. The minimum Gasteiger partial charge on any atom is -0.463 e. The van der Waals surface area contributed by atoms with E-state index in [2.05, 4.69) is 21.9 Å². The Morgan fingerprint density at radius 3 is 2.76 bits per heavy atom. The van der Waals surface area contributed by atoms with Crippen LogP contribution in [0.2, 0.25) is 5.15 Å². The molecular formula is C19H15ClF2N4O3. The van der Waals surface area contributed by atoms with E-state index in [-0.39, 0.29) is 23.0 Å². The molecule has 10 heteroatoms. The van der Waals surface area contributed by atoms with Gasteiger partial charge < -0.3 is 5.11 Å². The van der Waals surface area contributed by atoms with E-state index in [1.54, 1.807) is 31.2 Å². The highest BCUT2D eigenvalue weighted by Crippen LogP contribution is 2.24. The van der Waals surface area contributed by atoms with Gasteiger partial charge in [0.15, 0.2) is 0 Å². The number of hydrogen-bond acceptors (Lipinski definition) is 4. The van der Waals surface area contributed by atoms with Gasteiger partial charge in [0.25, 0.3) is 0 Å². The van der Waals surface area contributed by atoms with Gasteiger partial charge in [-0.15, -0.1) is 0 Å². The maximum absolute atomic E-state index is 13.1. The number of pyridine rings is 1. The van der Waals surface area contributed by atoms with Gasteiger partial charge in [0, 0.05) is 5.39 Å². The second kappa shape index (κ2) is 8.86. The normalized spacial score (nSPS) is 11.9. The van der Waals surface area contributed by atoms with E-state index >= 15 is 0 Å². The number of carbonyl (C=O) groups is 1. The Morgan fingerprint density at radius 2 is 2.10 bits per heavy atom. The van der Waals surface area contributed by atoms with Gasteiger partial charge >= 0.3 is 12.6 Å². The van der Waals surface area contributed by atoms with Crippen molar-refractivity contribution in [1.29, 1.82) is 0 Å². The lowest BCUT2D eigenvalue weighted by molar-refractivity contribution is -0.142. The molecule has 0 radical (unpaired) electrons. The second-order valence-corrected chi connectivity index (χ2v) is 6.26. The highest BCUT2D eigenvalue weighted by molar-refractivity contribution is 6.30. The van der Waals surface area contributed by atoms with Gasteiger partial charge in [0.2, 0.25) is 0 Å². The molecule has 1 aromatic carbocycles. The minimum atomic E-state index is -2.87. The summed E-state index contributed by atoms with van der Waals surface area (Å²) in [4.78, 5) is 20.7. The molecule has 0 fully saturated rings. The number of nitrogens with zero attached hydrogens (tertiary/aromatic N) is 4. The highest BCUT2D eigenvalue weighted by atomic mass is 35.5. The number of alkyl halides is 2. The average molecular weight is 421 g/mol. The lowest BCUT2D eigenvalue weighted by Gasteiger charge is -2.24. The zero-order valence-corrected chi connectivity index (χ0v) is 15.8. The average Bonchev–Trinajstić information content (AvgIpc) is 3.12. The number of amides is 1. The van der Waals surface area contributed by atoms with Crippen LogP contribution in [0.25, 0.3) is 10.9 Å². The molecule has 0 saturated carbocycles. The molecule has 29 heavy (non-hydrogen) atoms. The van der Waals surface area contributed by atoms with E-state index in [1.807, 2.05) is 6.07 Å². The molecule has 0 saturated heterocycles. The summed E-state index contributed by atoms with van der Waals surface area (Å²) in [5, 5.41) is 14.2. The third-order valence-electron chi connectivity index (χ3n) is 4.03. The number of fused-ring (bicyclic) bond motifs is 1. The molecular weight excluding hydrogens is 406 g/mol. The predicted octanol–water partition coefficient (Wildman–Crippen LogP) is 4.50. The lowest BCUT2D eigenvalue weighted by atomic mass is 10.1. The van der Waals surface area contributed by atoms with Gasteiger partial charge in [0.1, 0.15) is 23.0 Å². The van der Waals surface area contributed by atoms with Crippen LogP contribution in [0.4, 0.5) is 13.6 Å². The molecule has 0 aliphatic rings. The largest absolute Gasteiger partial charge is 0.463 e. The summed E-state index contributed by atoms with van der Waals surface area (Å²) in [6.45, 7) is -1.51. The Kier molecular flexibility index (Phi) is 6.26. The number of hydroxylamine groups is 2. The van der Waals surface area contributed by atoms with Crippen LogP contribution in [0.15, 0.2) is 42.6 Å². The topological polar surface area (TPSA) is 80.5 Å². The van der Waals surface area contributed by atoms with Crippen LogP contribution in [-0.4, -0.2) is 37.6 Å². The molecule has 2 aromatic heterocycles. The molecule has 1 atom stereocenters. The van der Waals surface area contributed by atoms with Crippen LogP contribution in [-0.2, 0) is 4.84 Å². The first kappa shape index (κ1) is 20.5. The summed E-state index contributed by atoms with van der Waals surface area (Å²) in [5.74, 6) is 5.18. The first-order chi connectivity index (χ1) is 13.9. The van der Waals surface area contributed by atoms with Crippen LogP contribution >= 0.6 is 11.6 Å². The first-order valence-electron chi connectivity index (χ1n) is 8.39. The van der Waals surface area contributed by atoms with Gasteiger partial charge in [-0.25, -0.2) is 14.5 Å². The monoisotopic (exact) mass is 420 g/mol. The lowest BCUT2D eigenvalue weighted by Crippen LogP contribution is -2.32. The van der Waals surface area contributed by atoms with E-state index in [9.17, 15) is 18.7 Å². The standard InChI is InChI=1S/C19H15ClF2N4O3/c1-12(13-6-3-2-4-7-13)26(19(27)28)29-9-5-8-15-17-14(10-16(20)24-15)11-23-25(17)18(21)22/h2-4,6-7,10-12,18H,9H2,1H3,(H,27,28). The van der Waals surface area contributed by atoms with Crippen molar-refractivity contribution in [1.82, 2.24) is 19.8 Å². The van der Waals surface area contributed by atoms with Gasteiger partial charge in [-0.1, -0.05) is 47.9 Å². The van der Waals surface area contributed by atoms with Crippen LogP contribution in [0, 0.1) is 11.8 Å². The number of halogens is 3. The molecule has 0 aliphatic carbocycles. The van der Waals surface area contributed by atoms with Crippen molar-refractivity contribution in [2.24, 2.45) is 0 Å². The van der Waals surface area contributed by atoms with Crippen molar-refractivity contribution in [3.05, 3.63) is 59.0 Å². The van der Waals surface area contributed by atoms with Crippen molar-refractivity contribution in [2.45, 2.75) is 19.5 Å². The Morgan fingerprint density at radius 1 is 1.38 bits per heavy atom. The van der Waals surface area contributed by atoms with Gasteiger partial charge in [-0.05, 0) is 24.5 Å². The third kappa shape index (κ3) is 4.62. The quantitative estimate of drug-likeness (QED) is 0.373. The summed E-state index contributed by atoms with van der Waals surface area (Å²) >= 11 is 5.91. The Labute approximate surface area is 169 Å². The fraction of sp³-hybridized carbons (Fsp3) is 0.211. The van der Waals surface area contributed by atoms with Gasteiger partial charge in [0.05, 0.1) is 12.2 Å². The van der Waals surface area contributed by atoms with E-state index in [0.717, 1.165) is 10.6 Å². The zero-order chi connectivity index (χ0) is 21.0. The van der Waals surface area contributed by atoms with Crippen LogP contribution in [0.3, 0.4) is 0 Å². The van der Waals surface area contributed by atoms with Gasteiger partial charge in [-0.3, -0.25) is 4.84 Å². The number of aromatic nitrogens is 3. The molecule has 1 amide bonds. The van der Waals surface area contributed by atoms with E-state index < -0.39 is 18.7 Å². The van der Waals surface area contributed by atoms with E-state index in [0.29, 0.717) is 10.1 Å². The summed E-state index contributed by atoms with van der Waals surface area (Å²) < 4.78 is 26.8. The summed E-state index contributed by atoms with van der Waals surface area (Å²) in [6, 6.07) is 9.75. The molecule has 1 unspecified atom stereocenters. The maximum Gasteiger partial charge on any atom is 0.432 e. The molecule has 3 rings (SSSR count). The molecule has 150 valence electrons. The van der Waals surface area contributed by atoms with Crippen LogP contribution < -0.4 is 0 Å². The zero-order valence-electron chi connectivity index (χ0n) is 15.1.